The van der Waals surface area contributed by atoms with Crippen molar-refractivity contribution in [1.29, 1.82) is 0 Å². The number of benzene rings is 1. The third-order valence-electron chi connectivity index (χ3n) is 5.67. The number of ether oxygens (including phenoxy) is 1. The van der Waals surface area contributed by atoms with E-state index in [4.69, 9.17) is 4.74 Å². The second-order valence-electron chi connectivity index (χ2n) is 7.26. The average Bonchev–Trinajstić information content (AvgIpc) is 3.21. The van der Waals surface area contributed by atoms with E-state index in [1.165, 1.54) is 25.1 Å². The van der Waals surface area contributed by atoms with Gasteiger partial charge in [-0.05, 0) is 31.5 Å². The van der Waals surface area contributed by atoms with E-state index in [2.05, 4.69) is 42.9 Å². The van der Waals surface area contributed by atoms with Crippen molar-refractivity contribution >= 4 is 5.69 Å². The van der Waals surface area contributed by atoms with Gasteiger partial charge in [0.25, 0.3) is 0 Å². The lowest BCUT2D eigenvalue weighted by atomic mass is 10.0. The average molecular weight is 355 g/mol. The molecular formula is C20H29N5O. The molecule has 0 radical (unpaired) electrons. The van der Waals surface area contributed by atoms with Gasteiger partial charge in [-0.25, -0.2) is 4.98 Å². The summed E-state index contributed by atoms with van der Waals surface area (Å²) in [6.07, 6.45) is 6.34. The number of nitrogens with one attached hydrogen (secondary N) is 1. The lowest BCUT2D eigenvalue weighted by Gasteiger charge is -2.44. The zero-order valence-corrected chi connectivity index (χ0v) is 15.6. The van der Waals surface area contributed by atoms with Gasteiger partial charge < -0.3 is 14.6 Å². The number of imidazole rings is 1. The van der Waals surface area contributed by atoms with Gasteiger partial charge in [0.05, 0.1) is 19.3 Å². The van der Waals surface area contributed by atoms with Gasteiger partial charge in [0.1, 0.15) is 11.6 Å². The summed E-state index contributed by atoms with van der Waals surface area (Å²) in [6.45, 7) is 7.64. The number of methoxy groups -OCH3 is 1. The molecule has 4 rings (SSSR count). The van der Waals surface area contributed by atoms with Crippen LogP contribution in [0.5, 0.6) is 5.75 Å². The van der Waals surface area contributed by atoms with Crippen molar-refractivity contribution in [2.24, 2.45) is 0 Å². The summed E-state index contributed by atoms with van der Waals surface area (Å²) in [5.41, 5.74) is 1.22. The van der Waals surface area contributed by atoms with Crippen LogP contribution in [0.4, 0.5) is 5.69 Å². The first-order valence-corrected chi connectivity index (χ1v) is 9.66. The van der Waals surface area contributed by atoms with Gasteiger partial charge in [-0.3, -0.25) is 9.80 Å². The second-order valence-corrected chi connectivity index (χ2v) is 7.26. The molecule has 0 spiro atoms. The molecule has 140 valence electrons. The van der Waals surface area contributed by atoms with E-state index in [-0.39, 0.29) is 0 Å². The van der Waals surface area contributed by atoms with Crippen LogP contribution in [-0.2, 0) is 6.54 Å². The minimum absolute atomic E-state index is 0.665. The number of rotatable bonds is 5. The number of para-hydroxylation sites is 2. The highest BCUT2D eigenvalue weighted by Crippen LogP contribution is 2.29. The Labute approximate surface area is 155 Å². The molecule has 0 bridgehead atoms. The van der Waals surface area contributed by atoms with Gasteiger partial charge in [0, 0.05) is 51.2 Å². The lowest BCUT2D eigenvalue weighted by Crippen LogP contribution is -2.55. The minimum atomic E-state index is 0.665. The van der Waals surface area contributed by atoms with Crippen LogP contribution in [0, 0.1) is 0 Å². The molecule has 6 heteroatoms. The van der Waals surface area contributed by atoms with Crippen LogP contribution in [0.3, 0.4) is 0 Å². The molecule has 0 saturated carbocycles. The summed E-state index contributed by atoms with van der Waals surface area (Å²) < 4.78 is 5.53. The Balaban J connectivity index is 1.32. The Kier molecular flexibility index (Phi) is 5.41. The standard InChI is InChI=1S/C20H29N5O/c1-26-19-7-3-2-6-18(19)25-13-11-24(12-14-25)17-5-4-10-23(15-17)16-20-21-8-9-22-20/h2-3,6-9,17H,4-5,10-16H2,1H3,(H,21,22). The fourth-order valence-electron chi connectivity index (χ4n) is 4.29. The van der Waals surface area contributed by atoms with E-state index in [9.17, 15) is 0 Å². The molecule has 3 heterocycles. The number of anilines is 1. The van der Waals surface area contributed by atoms with E-state index in [1.807, 2.05) is 18.5 Å². The summed E-state index contributed by atoms with van der Waals surface area (Å²) in [5, 5.41) is 0. The molecule has 2 aromatic rings. The second kappa shape index (κ2) is 8.10. The molecule has 1 aromatic carbocycles. The maximum atomic E-state index is 5.53. The van der Waals surface area contributed by atoms with Gasteiger partial charge >= 0.3 is 0 Å². The Morgan fingerprint density at radius 2 is 2.00 bits per heavy atom. The van der Waals surface area contributed by atoms with Crippen LogP contribution in [-0.4, -0.2) is 72.2 Å². The Bertz CT molecular complexity index is 681. The molecular weight excluding hydrogens is 326 g/mol. The minimum Gasteiger partial charge on any atom is -0.495 e. The quantitative estimate of drug-likeness (QED) is 0.891. The van der Waals surface area contributed by atoms with Crippen LogP contribution < -0.4 is 9.64 Å². The van der Waals surface area contributed by atoms with Crippen molar-refractivity contribution in [3.63, 3.8) is 0 Å². The number of nitrogens with zero attached hydrogens (tertiary/aromatic N) is 4. The van der Waals surface area contributed by atoms with Crippen molar-refractivity contribution < 1.29 is 4.74 Å². The summed E-state index contributed by atoms with van der Waals surface area (Å²) in [7, 11) is 1.75. The van der Waals surface area contributed by atoms with Gasteiger partial charge in [-0.2, -0.15) is 0 Å². The van der Waals surface area contributed by atoms with Gasteiger partial charge in [0.15, 0.2) is 0 Å². The van der Waals surface area contributed by atoms with E-state index in [1.54, 1.807) is 7.11 Å². The topological polar surface area (TPSA) is 47.6 Å². The van der Waals surface area contributed by atoms with Crippen molar-refractivity contribution in [2.45, 2.75) is 25.4 Å². The van der Waals surface area contributed by atoms with E-state index in [0.717, 1.165) is 50.8 Å². The molecule has 1 aromatic heterocycles. The van der Waals surface area contributed by atoms with Crippen LogP contribution in [0.2, 0.25) is 0 Å². The van der Waals surface area contributed by atoms with Crippen LogP contribution in [0.1, 0.15) is 18.7 Å². The predicted molar refractivity (Wildman–Crippen MR) is 104 cm³/mol. The zero-order valence-electron chi connectivity index (χ0n) is 15.6. The Hall–Kier alpha value is -2.05. The highest BCUT2D eigenvalue weighted by atomic mass is 16.5. The molecule has 2 aliphatic heterocycles. The van der Waals surface area contributed by atoms with Crippen LogP contribution >= 0.6 is 0 Å². The summed E-state index contributed by atoms with van der Waals surface area (Å²) in [4.78, 5) is 15.3. The molecule has 2 aliphatic rings. The number of aromatic nitrogens is 2. The zero-order chi connectivity index (χ0) is 17.8. The maximum Gasteiger partial charge on any atom is 0.142 e. The highest BCUT2D eigenvalue weighted by Gasteiger charge is 2.28. The number of aromatic amines is 1. The first kappa shape index (κ1) is 17.4. The Morgan fingerprint density at radius 1 is 1.15 bits per heavy atom. The molecule has 2 saturated heterocycles. The number of H-pyrrole nitrogens is 1. The van der Waals surface area contributed by atoms with Crippen molar-refractivity contribution in [2.75, 3.05) is 51.3 Å². The number of hydrogen-bond donors (Lipinski definition) is 1. The highest BCUT2D eigenvalue weighted by molar-refractivity contribution is 5.58. The normalized spacial score (nSPS) is 22.5. The van der Waals surface area contributed by atoms with Crippen molar-refractivity contribution in [3.05, 3.63) is 42.5 Å². The van der Waals surface area contributed by atoms with Crippen molar-refractivity contribution in [1.82, 2.24) is 19.8 Å². The molecule has 0 aliphatic carbocycles. The number of likely N-dealkylation sites (tertiary alicyclic amines) is 1. The van der Waals surface area contributed by atoms with E-state index in [0.29, 0.717) is 6.04 Å². The molecule has 1 N–H and O–H groups in total. The number of hydrogen-bond acceptors (Lipinski definition) is 5. The van der Waals surface area contributed by atoms with E-state index >= 15 is 0 Å². The number of piperazine rings is 1. The first-order chi connectivity index (χ1) is 12.8. The summed E-state index contributed by atoms with van der Waals surface area (Å²) >= 11 is 0. The van der Waals surface area contributed by atoms with Gasteiger partial charge in [0.2, 0.25) is 0 Å². The largest absolute Gasteiger partial charge is 0.495 e. The van der Waals surface area contributed by atoms with E-state index < -0.39 is 0 Å². The molecule has 1 unspecified atom stereocenters. The molecule has 1 atom stereocenters. The molecule has 2 fully saturated rings. The van der Waals surface area contributed by atoms with Crippen LogP contribution in [0.15, 0.2) is 36.7 Å². The van der Waals surface area contributed by atoms with Gasteiger partial charge in [-0.1, -0.05) is 12.1 Å². The predicted octanol–water partition coefficient (Wildman–Crippen LogP) is 2.20. The fraction of sp³-hybridized carbons (Fsp3) is 0.550. The lowest BCUT2D eigenvalue weighted by molar-refractivity contribution is 0.0874. The molecule has 0 amide bonds. The summed E-state index contributed by atoms with van der Waals surface area (Å²) in [5.74, 6) is 2.05. The summed E-state index contributed by atoms with van der Waals surface area (Å²) in [6, 6.07) is 9.01. The fourth-order valence-corrected chi connectivity index (χ4v) is 4.29. The number of piperidine rings is 1. The first-order valence-electron chi connectivity index (χ1n) is 9.66. The van der Waals surface area contributed by atoms with Crippen molar-refractivity contribution in [3.8, 4) is 5.75 Å². The third kappa shape index (κ3) is 3.86. The third-order valence-corrected chi connectivity index (χ3v) is 5.67. The molecule has 6 nitrogen and oxygen atoms in total. The van der Waals surface area contributed by atoms with Crippen LogP contribution in [0.25, 0.3) is 0 Å². The molecule has 26 heavy (non-hydrogen) atoms. The SMILES string of the molecule is COc1ccccc1N1CCN(C2CCCN(Cc3ncc[nH]3)C2)CC1. The smallest absolute Gasteiger partial charge is 0.142 e. The monoisotopic (exact) mass is 355 g/mol. The maximum absolute atomic E-state index is 5.53. The Morgan fingerprint density at radius 3 is 2.77 bits per heavy atom. The van der Waals surface area contributed by atoms with Gasteiger partial charge in [-0.15, -0.1) is 0 Å².